The second-order valence-electron chi connectivity index (χ2n) is 8.36. The molecular weight excluding hydrogens is 426 g/mol. The third-order valence-corrected chi connectivity index (χ3v) is 7.84. The number of nitrogens with zero attached hydrogens (tertiary/aromatic N) is 4. The van der Waals surface area contributed by atoms with Crippen LogP contribution in [0.1, 0.15) is 68.5 Å². The second-order valence-corrected chi connectivity index (χ2v) is 10.3. The summed E-state index contributed by atoms with van der Waals surface area (Å²) in [5.74, 6) is 0.132. The molecule has 8 nitrogen and oxygen atoms in total. The van der Waals surface area contributed by atoms with Crippen LogP contribution in [0.3, 0.4) is 0 Å². The fourth-order valence-corrected chi connectivity index (χ4v) is 5.27. The summed E-state index contributed by atoms with van der Waals surface area (Å²) in [7, 11) is -3.54. The van der Waals surface area contributed by atoms with Crippen molar-refractivity contribution in [2.24, 2.45) is 0 Å². The van der Waals surface area contributed by atoms with Gasteiger partial charge >= 0.3 is 0 Å². The Bertz CT molecular complexity index is 1240. The molecule has 2 heterocycles. The van der Waals surface area contributed by atoms with Crippen LogP contribution in [0.2, 0.25) is 0 Å². The quantitative estimate of drug-likeness (QED) is 0.550. The second kappa shape index (κ2) is 8.63. The summed E-state index contributed by atoms with van der Waals surface area (Å²) in [4.78, 5) is 18.2. The van der Waals surface area contributed by atoms with Gasteiger partial charge in [0.1, 0.15) is 0 Å². The molecule has 1 fully saturated rings. The third-order valence-electron chi connectivity index (χ3n) is 5.77. The van der Waals surface area contributed by atoms with Gasteiger partial charge in [0.15, 0.2) is 5.65 Å². The van der Waals surface area contributed by atoms with Crippen molar-refractivity contribution in [1.82, 2.24) is 19.1 Å². The first-order valence-corrected chi connectivity index (χ1v) is 12.5. The lowest BCUT2D eigenvalue weighted by Crippen LogP contribution is -2.30. The highest BCUT2D eigenvalue weighted by Gasteiger charge is 2.28. The minimum atomic E-state index is -3.54. The highest BCUT2D eigenvalue weighted by molar-refractivity contribution is 7.89. The van der Waals surface area contributed by atoms with E-state index >= 15 is 0 Å². The van der Waals surface area contributed by atoms with Gasteiger partial charge in [0.05, 0.1) is 22.0 Å². The van der Waals surface area contributed by atoms with Gasteiger partial charge in [-0.3, -0.25) is 4.79 Å². The number of fused-ring (bicyclic) bond motifs is 1. The first kappa shape index (κ1) is 22.4. The van der Waals surface area contributed by atoms with E-state index < -0.39 is 10.0 Å². The molecule has 0 radical (unpaired) electrons. The van der Waals surface area contributed by atoms with Crippen molar-refractivity contribution in [2.75, 3.05) is 18.4 Å². The Hall–Kier alpha value is -2.78. The highest BCUT2D eigenvalue weighted by Crippen LogP contribution is 2.40. The summed E-state index contributed by atoms with van der Waals surface area (Å²) in [6.07, 6.45) is 3.85. The Labute approximate surface area is 188 Å². The van der Waals surface area contributed by atoms with E-state index in [9.17, 15) is 13.2 Å². The molecule has 9 heteroatoms. The molecule has 1 aliphatic carbocycles. The zero-order chi connectivity index (χ0) is 23.0. The number of rotatable bonds is 8. The molecule has 4 rings (SSSR count). The van der Waals surface area contributed by atoms with Gasteiger partial charge in [0, 0.05) is 36.4 Å². The van der Waals surface area contributed by atoms with Crippen molar-refractivity contribution in [2.45, 2.75) is 57.4 Å². The predicted octanol–water partition coefficient (Wildman–Crippen LogP) is 4.17. The van der Waals surface area contributed by atoms with Gasteiger partial charge in [0.25, 0.3) is 5.91 Å². The Morgan fingerprint density at radius 1 is 1.19 bits per heavy atom. The number of pyridine rings is 1. The lowest BCUT2D eigenvalue weighted by atomic mass is 10.1. The van der Waals surface area contributed by atoms with Crippen molar-refractivity contribution >= 4 is 32.7 Å². The van der Waals surface area contributed by atoms with Crippen LogP contribution < -0.4 is 5.32 Å². The number of carbonyl (C=O) groups is 1. The molecule has 0 unspecified atom stereocenters. The molecule has 1 aromatic carbocycles. The van der Waals surface area contributed by atoms with Crippen LogP contribution in [-0.4, -0.2) is 46.5 Å². The molecular formula is C23H29N5O3S. The fraction of sp³-hybridized carbons (Fsp3) is 0.435. The zero-order valence-electron chi connectivity index (χ0n) is 18.9. The van der Waals surface area contributed by atoms with Crippen molar-refractivity contribution < 1.29 is 13.2 Å². The number of nitrogens with one attached hydrogen (secondary N) is 1. The summed E-state index contributed by atoms with van der Waals surface area (Å²) in [6.45, 7) is 8.49. The van der Waals surface area contributed by atoms with E-state index in [1.807, 2.05) is 38.4 Å². The zero-order valence-corrected chi connectivity index (χ0v) is 19.7. The third kappa shape index (κ3) is 4.14. The smallest absolute Gasteiger partial charge is 0.256 e. The number of anilines is 1. The largest absolute Gasteiger partial charge is 0.322 e. The van der Waals surface area contributed by atoms with Crippen molar-refractivity contribution in [3.63, 3.8) is 0 Å². The Morgan fingerprint density at radius 2 is 1.84 bits per heavy atom. The molecule has 1 saturated carbocycles. The van der Waals surface area contributed by atoms with Gasteiger partial charge in [-0.1, -0.05) is 13.8 Å². The summed E-state index contributed by atoms with van der Waals surface area (Å²) in [5.41, 5.74) is 2.70. The molecule has 32 heavy (non-hydrogen) atoms. The number of benzene rings is 1. The van der Waals surface area contributed by atoms with Crippen LogP contribution in [0.5, 0.6) is 0 Å². The Kier molecular flexibility index (Phi) is 6.05. The number of sulfonamides is 1. The molecule has 170 valence electrons. The first-order chi connectivity index (χ1) is 15.3. The van der Waals surface area contributed by atoms with E-state index in [0.717, 1.165) is 24.2 Å². The summed E-state index contributed by atoms with van der Waals surface area (Å²) >= 11 is 0. The maximum absolute atomic E-state index is 13.2. The Balaban J connectivity index is 1.63. The van der Waals surface area contributed by atoms with E-state index in [1.54, 1.807) is 18.3 Å². The predicted molar refractivity (Wildman–Crippen MR) is 124 cm³/mol. The van der Waals surface area contributed by atoms with Crippen molar-refractivity contribution in [3.8, 4) is 0 Å². The standard InChI is InChI=1S/C23H29N5O3S/c1-5-27(6-2)32(30,31)18-11-9-17(10-12-18)25-23(29)19-13-21(16-7-8-16)26-22-20(19)14-24-28(22)15(3)4/h9-16H,5-8H2,1-4H3,(H,25,29). The average Bonchev–Trinajstić information content (AvgIpc) is 3.52. The summed E-state index contributed by atoms with van der Waals surface area (Å²) in [6, 6.07) is 8.28. The van der Waals surface area contributed by atoms with E-state index in [4.69, 9.17) is 4.98 Å². The van der Waals surface area contributed by atoms with E-state index in [0.29, 0.717) is 35.6 Å². The molecule has 1 N–H and O–H groups in total. The molecule has 0 aliphatic heterocycles. The van der Waals surface area contributed by atoms with E-state index in [-0.39, 0.29) is 16.8 Å². The van der Waals surface area contributed by atoms with Gasteiger partial charge in [-0.2, -0.15) is 9.40 Å². The average molecular weight is 456 g/mol. The van der Waals surface area contributed by atoms with Crippen molar-refractivity contribution in [1.29, 1.82) is 0 Å². The van der Waals surface area contributed by atoms with Crippen LogP contribution >= 0.6 is 0 Å². The molecule has 0 saturated heterocycles. The number of hydrogen-bond donors (Lipinski definition) is 1. The molecule has 2 aromatic heterocycles. The summed E-state index contributed by atoms with van der Waals surface area (Å²) in [5, 5.41) is 8.05. The molecule has 0 atom stereocenters. The number of aromatic nitrogens is 3. The van der Waals surface area contributed by atoms with Crippen LogP contribution in [-0.2, 0) is 10.0 Å². The van der Waals surface area contributed by atoms with Crippen LogP contribution in [0.15, 0.2) is 41.4 Å². The lowest BCUT2D eigenvalue weighted by molar-refractivity contribution is 0.102. The van der Waals surface area contributed by atoms with Gasteiger partial charge < -0.3 is 5.32 Å². The molecule has 1 aliphatic rings. The van der Waals surface area contributed by atoms with Gasteiger partial charge in [-0.25, -0.2) is 18.1 Å². The normalized spacial score (nSPS) is 14.4. The van der Waals surface area contributed by atoms with Crippen LogP contribution in [0.4, 0.5) is 5.69 Å². The minimum Gasteiger partial charge on any atom is -0.322 e. The molecule has 0 bridgehead atoms. The molecule has 3 aromatic rings. The Morgan fingerprint density at radius 3 is 2.41 bits per heavy atom. The van der Waals surface area contributed by atoms with Gasteiger partial charge in [-0.05, 0) is 57.0 Å². The van der Waals surface area contributed by atoms with Gasteiger partial charge in [0.2, 0.25) is 10.0 Å². The monoisotopic (exact) mass is 455 g/mol. The van der Waals surface area contributed by atoms with Gasteiger partial charge in [-0.15, -0.1) is 0 Å². The van der Waals surface area contributed by atoms with Crippen LogP contribution in [0, 0.1) is 0 Å². The first-order valence-electron chi connectivity index (χ1n) is 11.1. The number of hydrogen-bond acceptors (Lipinski definition) is 5. The summed E-state index contributed by atoms with van der Waals surface area (Å²) < 4.78 is 28.6. The SMILES string of the molecule is CCN(CC)S(=O)(=O)c1ccc(NC(=O)c2cc(C3CC3)nc3c2cnn3C(C)C)cc1. The maximum Gasteiger partial charge on any atom is 0.256 e. The van der Waals surface area contributed by atoms with E-state index in [1.165, 1.54) is 16.4 Å². The topological polar surface area (TPSA) is 97.2 Å². The van der Waals surface area contributed by atoms with E-state index in [2.05, 4.69) is 10.4 Å². The maximum atomic E-state index is 13.2. The van der Waals surface area contributed by atoms with Crippen molar-refractivity contribution in [3.05, 3.63) is 47.8 Å². The fourth-order valence-electron chi connectivity index (χ4n) is 3.81. The lowest BCUT2D eigenvalue weighted by Gasteiger charge is -2.18. The molecule has 0 spiro atoms. The number of amides is 1. The number of carbonyl (C=O) groups excluding carboxylic acids is 1. The highest BCUT2D eigenvalue weighted by atomic mass is 32.2. The van der Waals surface area contributed by atoms with Crippen LogP contribution in [0.25, 0.3) is 11.0 Å². The molecule has 1 amide bonds. The minimum absolute atomic E-state index is 0.130.